The number of fused-ring (bicyclic) bond motifs is 1. The van der Waals surface area contributed by atoms with Crippen molar-refractivity contribution in [2.45, 2.75) is 56.7 Å². The summed E-state index contributed by atoms with van der Waals surface area (Å²) in [6.07, 6.45) is 2.04. The number of phenolic OH excluding ortho intramolecular Hbond substituents is 1. The summed E-state index contributed by atoms with van der Waals surface area (Å²) in [4.78, 5) is 47.9. The molecule has 0 aliphatic carbocycles. The molecule has 2 aromatic rings. The molecule has 2 aromatic carbocycles. The van der Waals surface area contributed by atoms with Crippen molar-refractivity contribution >= 4 is 46.9 Å². The number of benzene rings is 2. The Morgan fingerprint density at radius 2 is 1.57 bits per heavy atom. The molecular formula is C33H44BN5O7S. The molecule has 2 N–H and O–H groups in total. The second-order valence-electron chi connectivity index (χ2n) is 13.2. The first-order valence-electron chi connectivity index (χ1n) is 16.7. The Hall–Kier alpha value is -3.78. The molecule has 0 saturated carbocycles. The number of likely N-dealkylation sites (tertiary alicyclic amines) is 2. The van der Waals surface area contributed by atoms with Crippen LogP contribution in [0.15, 0.2) is 42.5 Å². The summed E-state index contributed by atoms with van der Waals surface area (Å²) >= 11 is 0. The lowest BCUT2D eigenvalue weighted by atomic mass is 9.91. The number of hydrogen-bond donors (Lipinski definition) is 2. The van der Waals surface area contributed by atoms with E-state index in [4.69, 9.17) is 4.74 Å². The van der Waals surface area contributed by atoms with Gasteiger partial charge in [-0.3, -0.25) is 9.69 Å². The highest BCUT2D eigenvalue weighted by molar-refractivity contribution is 7.91. The van der Waals surface area contributed by atoms with Crippen LogP contribution in [-0.2, 0) is 32.2 Å². The summed E-state index contributed by atoms with van der Waals surface area (Å²) in [6.45, 7) is 3.48. The van der Waals surface area contributed by atoms with Crippen LogP contribution < -0.4 is 10.8 Å². The van der Waals surface area contributed by atoms with Gasteiger partial charge < -0.3 is 29.9 Å². The van der Waals surface area contributed by atoms with E-state index in [1.807, 2.05) is 29.2 Å². The van der Waals surface area contributed by atoms with Crippen LogP contribution in [-0.4, -0.2) is 135 Å². The number of para-hydroxylation sites is 1. The second-order valence-corrected chi connectivity index (χ2v) is 15.5. The van der Waals surface area contributed by atoms with Crippen LogP contribution in [0.25, 0.3) is 0 Å². The van der Waals surface area contributed by atoms with Gasteiger partial charge in [-0.05, 0) is 60.8 Å². The van der Waals surface area contributed by atoms with Gasteiger partial charge in [-0.25, -0.2) is 18.0 Å². The number of nitrogens with one attached hydrogen (secondary N) is 1. The van der Waals surface area contributed by atoms with E-state index in [0.717, 1.165) is 36.1 Å². The second kappa shape index (κ2) is 14.1. The van der Waals surface area contributed by atoms with E-state index in [2.05, 4.69) is 10.2 Å². The van der Waals surface area contributed by atoms with Crippen molar-refractivity contribution in [1.29, 1.82) is 0 Å². The van der Waals surface area contributed by atoms with Crippen molar-refractivity contribution in [3.63, 3.8) is 0 Å². The van der Waals surface area contributed by atoms with Crippen LogP contribution in [0, 0.1) is 0 Å². The van der Waals surface area contributed by atoms with Crippen LogP contribution >= 0.6 is 0 Å². The molecule has 4 aliphatic heterocycles. The van der Waals surface area contributed by atoms with E-state index in [1.165, 1.54) is 0 Å². The van der Waals surface area contributed by atoms with E-state index in [-0.39, 0.29) is 47.7 Å². The summed E-state index contributed by atoms with van der Waals surface area (Å²) in [5.74, 6) is 0.255. The SMILES string of the molecule is Bc1cc(C[C@@H](OC(=O)N2CCC(N3CCc4ccccc4NC3=O)CC2)C(=O)N2CCC(N3CCS(=O)(=O)CC3)CC2)ccc1O. The van der Waals surface area contributed by atoms with Crippen LogP contribution in [0.1, 0.15) is 36.8 Å². The summed E-state index contributed by atoms with van der Waals surface area (Å²) in [6, 6.07) is 13.0. The number of phenols is 1. The molecule has 0 bridgehead atoms. The molecule has 4 heterocycles. The first-order chi connectivity index (χ1) is 22.6. The Labute approximate surface area is 277 Å². The van der Waals surface area contributed by atoms with E-state index >= 15 is 0 Å². The molecule has 0 spiro atoms. The highest BCUT2D eigenvalue weighted by Crippen LogP contribution is 2.26. The average Bonchev–Trinajstić information content (AvgIpc) is 3.24. The van der Waals surface area contributed by atoms with Gasteiger partial charge in [0.05, 0.1) is 11.5 Å². The molecule has 3 saturated heterocycles. The lowest BCUT2D eigenvalue weighted by Gasteiger charge is -2.41. The number of sulfone groups is 1. The van der Waals surface area contributed by atoms with E-state index in [1.54, 1.807) is 35.8 Å². The van der Waals surface area contributed by atoms with Crippen LogP contribution in [0.5, 0.6) is 5.75 Å². The average molecular weight is 666 g/mol. The smallest absolute Gasteiger partial charge is 0.410 e. The maximum absolute atomic E-state index is 13.9. The third-order valence-electron chi connectivity index (χ3n) is 10.2. The standard InChI is InChI=1S/C33H44BN5O7S/c34-27-21-23(5-6-29(27)40)22-30(31(41)37-12-8-25(9-13-37)36-17-19-47(44,45)20-18-36)46-33(43)38-14-10-26(11-15-38)39-16-7-24-3-1-2-4-28(24)35-32(39)42/h1-6,21,25-26,30,40H,7-20,22,34H2,(H,35,42)/t30-/m1/s1. The van der Waals surface area contributed by atoms with Gasteiger partial charge >= 0.3 is 12.1 Å². The number of amides is 4. The summed E-state index contributed by atoms with van der Waals surface area (Å²) < 4.78 is 29.7. The quantitative estimate of drug-likeness (QED) is 0.436. The number of carbonyl (C=O) groups is 3. The first kappa shape index (κ1) is 33.1. The fourth-order valence-electron chi connectivity index (χ4n) is 7.28. The van der Waals surface area contributed by atoms with Gasteiger partial charge in [0.15, 0.2) is 15.9 Å². The zero-order chi connectivity index (χ0) is 33.1. The third kappa shape index (κ3) is 7.86. The van der Waals surface area contributed by atoms with Crippen LogP contribution in [0.3, 0.4) is 0 Å². The van der Waals surface area contributed by atoms with Gasteiger partial charge in [0.25, 0.3) is 5.91 Å². The number of urea groups is 1. The van der Waals surface area contributed by atoms with E-state index in [0.29, 0.717) is 64.1 Å². The molecule has 4 amide bonds. The fraction of sp³-hybridized carbons (Fsp3) is 0.545. The normalized spacial score (nSPS) is 21.8. The predicted octanol–water partition coefficient (Wildman–Crippen LogP) is 0.974. The minimum Gasteiger partial charge on any atom is -0.509 e. The maximum Gasteiger partial charge on any atom is 0.410 e. The molecule has 4 aliphatic rings. The van der Waals surface area contributed by atoms with Gasteiger partial charge in [0.1, 0.15) is 13.6 Å². The molecule has 47 heavy (non-hydrogen) atoms. The van der Waals surface area contributed by atoms with Gasteiger partial charge in [-0.1, -0.05) is 30.3 Å². The molecule has 0 aromatic heterocycles. The van der Waals surface area contributed by atoms with Gasteiger partial charge in [0.2, 0.25) is 0 Å². The largest absolute Gasteiger partial charge is 0.509 e. The van der Waals surface area contributed by atoms with Crippen molar-refractivity contribution in [3.05, 3.63) is 53.6 Å². The number of hydrogen-bond acceptors (Lipinski definition) is 8. The molecule has 3 fully saturated rings. The Kier molecular flexibility index (Phi) is 9.97. The van der Waals surface area contributed by atoms with Crippen molar-refractivity contribution in [1.82, 2.24) is 19.6 Å². The Balaban J connectivity index is 1.07. The number of anilines is 1. The van der Waals surface area contributed by atoms with Crippen LogP contribution in [0.2, 0.25) is 0 Å². The summed E-state index contributed by atoms with van der Waals surface area (Å²) in [5, 5.41) is 13.1. The molecule has 6 rings (SSSR count). The lowest BCUT2D eigenvalue weighted by Crippen LogP contribution is -2.54. The number of nitrogens with zero attached hydrogens (tertiary/aromatic N) is 4. The Morgan fingerprint density at radius 1 is 0.915 bits per heavy atom. The topological polar surface area (TPSA) is 140 Å². The summed E-state index contributed by atoms with van der Waals surface area (Å²) in [7, 11) is -1.18. The molecule has 0 unspecified atom stereocenters. The first-order valence-corrected chi connectivity index (χ1v) is 18.5. The van der Waals surface area contributed by atoms with E-state index < -0.39 is 22.0 Å². The van der Waals surface area contributed by atoms with Gasteiger partial charge in [-0.15, -0.1) is 0 Å². The summed E-state index contributed by atoms with van der Waals surface area (Å²) in [5.41, 5.74) is 3.40. The predicted molar refractivity (Wildman–Crippen MR) is 181 cm³/mol. The minimum absolute atomic E-state index is 0.00734. The Bertz CT molecular complexity index is 1580. The molecule has 0 radical (unpaired) electrons. The van der Waals surface area contributed by atoms with Gasteiger partial charge in [0, 0.05) is 70.0 Å². The molecule has 252 valence electrons. The Morgan fingerprint density at radius 3 is 2.28 bits per heavy atom. The zero-order valence-corrected chi connectivity index (χ0v) is 27.8. The van der Waals surface area contributed by atoms with Crippen molar-refractivity contribution in [2.75, 3.05) is 62.6 Å². The number of ether oxygens (including phenoxy) is 1. The number of carbonyl (C=O) groups excluding carboxylic acids is 3. The maximum atomic E-state index is 13.9. The van der Waals surface area contributed by atoms with Crippen molar-refractivity contribution in [3.8, 4) is 5.75 Å². The van der Waals surface area contributed by atoms with Gasteiger partial charge in [-0.2, -0.15) is 0 Å². The third-order valence-corrected chi connectivity index (χ3v) is 11.8. The lowest BCUT2D eigenvalue weighted by molar-refractivity contribution is -0.142. The zero-order valence-electron chi connectivity index (χ0n) is 27.0. The van der Waals surface area contributed by atoms with Crippen molar-refractivity contribution in [2.24, 2.45) is 0 Å². The minimum atomic E-state index is -2.96. The highest BCUT2D eigenvalue weighted by Gasteiger charge is 2.37. The van der Waals surface area contributed by atoms with E-state index in [9.17, 15) is 27.9 Å². The van der Waals surface area contributed by atoms with Crippen LogP contribution in [0.4, 0.5) is 15.3 Å². The fourth-order valence-corrected chi connectivity index (χ4v) is 8.51. The number of rotatable bonds is 6. The monoisotopic (exact) mass is 665 g/mol. The molecule has 1 atom stereocenters. The van der Waals surface area contributed by atoms with Crippen molar-refractivity contribution < 1.29 is 32.6 Å². The molecular weight excluding hydrogens is 621 g/mol. The molecule has 12 nitrogen and oxygen atoms in total. The highest BCUT2D eigenvalue weighted by atomic mass is 32.2. The molecule has 14 heteroatoms. The number of piperidine rings is 2. The number of aromatic hydroxyl groups is 1.